The van der Waals surface area contributed by atoms with Crippen molar-refractivity contribution in [2.45, 2.75) is 19.9 Å². The summed E-state index contributed by atoms with van der Waals surface area (Å²) in [6.07, 6.45) is 0. The van der Waals surface area contributed by atoms with Gasteiger partial charge in [0.05, 0.1) is 16.6 Å². The highest BCUT2D eigenvalue weighted by Crippen LogP contribution is 2.36. The van der Waals surface area contributed by atoms with Gasteiger partial charge in [0.1, 0.15) is 17.4 Å². The number of thiophene rings is 1. The van der Waals surface area contributed by atoms with Gasteiger partial charge in [-0.25, -0.2) is 4.98 Å². The van der Waals surface area contributed by atoms with Crippen LogP contribution in [0.4, 0.5) is 11.5 Å². The van der Waals surface area contributed by atoms with Crippen LogP contribution in [0.3, 0.4) is 0 Å². The molecule has 2 aromatic heterocycles. The van der Waals surface area contributed by atoms with E-state index in [0.29, 0.717) is 32.9 Å². The molecule has 180 valence electrons. The second-order valence-corrected chi connectivity index (χ2v) is 9.15. The monoisotopic (exact) mass is 497 g/mol. The van der Waals surface area contributed by atoms with Gasteiger partial charge in [-0.05, 0) is 66.8 Å². The number of carbonyl (C=O) groups is 2. The summed E-state index contributed by atoms with van der Waals surface area (Å²) in [7, 11) is 0. The number of hydrogen-bond donors (Lipinski definition) is 4. The summed E-state index contributed by atoms with van der Waals surface area (Å²) in [5, 5.41) is 27.9. The van der Waals surface area contributed by atoms with Crippen LogP contribution in [0.15, 0.2) is 66.0 Å². The largest absolute Gasteiger partial charge is 0.507 e. The van der Waals surface area contributed by atoms with E-state index < -0.39 is 11.9 Å². The van der Waals surface area contributed by atoms with Gasteiger partial charge < -0.3 is 21.5 Å². The summed E-state index contributed by atoms with van der Waals surface area (Å²) in [6, 6.07) is 18.7. The number of hydrogen-bond acceptors (Lipinski definition) is 7. The molecule has 1 unspecified atom stereocenters. The highest BCUT2D eigenvalue weighted by Gasteiger charge is 2.20. The van der Waals surface area contributed by atoms with Crippen LogP contribution in [-0.2, 0) is 4.79 Å². The van der Waals surface area contributed by atoms with Crippen LogP contribution in [0, 0.1) is 18.3 Å². The first-order chi connectivity index (χ1) is 17.3. The van der Waals surface area contributed by atoms with Crippen molar-refractivity contribution in [3.05, 3.63) is 82.0 Å². The van der Waals surface area contributed by atoms with Gasteiger partial charge in [-0.3, -0.25) is 9.59 Å². The van der Waals surface area contributed by atoms with Gasteiger partial charge in [-0.15, -0.1) is 11.3 Å². The third-order valence-corrected chi connectivity index (χ3v) is 6.26. The minimum atomic E-state index is -0.695. The lowest BCUT2D eigenvalue weighted by Gasteiger charge is -2.15. The number of nitrogens with zero attached hydrogens (tertiary/aromatic N) is 2. The van der Waals surface area contributed by atoms with Crippen LogP contribution < -0.4 is 16.4 Å². The third kappa shape index (κ3) is 5.25. The zero-order chi connectivity index (χ0) is 25.8. The Morgan fingerprint density at radius 2 is 1.89 bits per heavy atom. The van der Waals surface area contributed by atoms with Crippen LogP contribution in [0.5, 0.6) is 5.75 Å². The molecule has 5 N–H and O–H groups in total. The van der Waals surface area contributed by atoms with Crippen molar-refractivity contribution in [1.29, 1.82) is 5.26 Å². The number of aromatic nitrogens is 1. The highest BCUT2D eigenvalue weighted by atomic mass is 32.1. The van der Waals surface area contributed by atoms with E-state index in [0.717, 1.165) is 5.56 Å². The number of pyridine rings is 1. The van der Waals surface area contributed by atoms with Gasteiger partial charge in [0.15, 0.2) is 5.82 Å². The number of rotatable bonds is 6. The van der Waals surface area contributed by atoms with Gasteiger partial charge in [-0.1, -0.05) is 24.3 Å². The SMILES string of the molecule is Cc1ccc(-c2cc(-c3cccc(NC(=O)C(C)N)c3)c(C#N)c(NC(=O)c3cccs3)n2)c(O)c1. The molecule has 2 amide bonds. The van der Waals surface area contributed by atoms with Gasteiger partial charge >= 0.3 is 0 Å². The second-order valence-electron chi connectivity index (χ2n) is 8.20. The van der Waals surface area contributed by atoms with Crippen molar-refractivity contribution in [3.63, 3.8) is 0 Å². The maximum absolute atomic E-state index is 12.8. The van der Waals surface area contributed by atoms with Crippen molar-refractivity contribution >= 4 is 34.7 Å². The van der Waals surface area contributed by atoms with E-state index in [2.05, 4.69) is 21.7 Å². The lowest BCUT2D eigenvalue weighted by molar-refractivity contribution is -0.117. The lowest BCUT2D eigenvalue weighted by atomic mass is 9.97. The van der Waals surface area contributed by atoms with E-state index >= 15 is 0 Å². The Morgan fingerprint density at radius 3 is 2.56 bits per heavy atom. The molecule has 0 aliphatic carbocycles. The molecule has 0 saturated heterocycles. The van der Waals surface area contributed by atoms with Crippen molar-refractivity contribution in [2.75, 3.05) is 10.6 Å². The van der Waals surface area contributed by atoms with Crippen molar-refractivity contribution in [2.24, 2.45) is 5.73 Å². The minimum Gasteiger partial charge on any atom is -0.507 e. The molecule has 0 saturated carbocycles. The molecule has 8 nitrogen and oxygen atoms in total. The number of amides is 2. The summed E-state index contributed by atoms with van der Waals surface area (Å²) in [5.74, 6) is -0.667. The predicted molar refractivity (Wildman–Crippen MR) is 141 cm³/mol. The van der Waals surface area contributed by atoms with E-state index in [-0.39, 0.29) is 23.0 Å². The van der Waals surface area contributed by atoms with Gasteiger partial charge in [0.2, 0.25) is 5.91 Å². The average Bonchev–Trinajstić information content (AvgIpc) is 3.39. The van der Waals surface area contributed by atoms with Gasteiger partial charge in [0, 0.05) is 16.8 Å². The fourth-order valence-corrected chi connectivity index (χ4v) is 4.19. The molecule has 0 aliphatic heterocycles. The number of phenolic OH excluding ortho intramolecular Hbond substituents is 1. The number of aryl methyl sites for hydroxylation is 1. The topological polar surface area (TPSA) is 141 Å². The van der Waals surface area contributed by atoms with Crippen molar-refractivity contribution in [1.82, 2.24) is 4.98 Å². The van der Waals surface area contributed by atoms with E-state index in [4.69, 9.17) is 5.73 Å². The number of anilines is 2. The Labute approximate surface area is 212 Å². The summed E-state index contributed by atoms with van der Waals surface area (Å²) in [6.45, 7) is 3.44. The first kappa shape index (κ1) is 24.6. The number of nitriles is 1. The number of phenols is 1. The first-order valence-electron chi connectivity index (χ1n) is 11.0. The van der Waals surface area contributed by atoms with Crippen LogP contribution in [0.25, 0.3) is 22.4 Å². The average molecular weight is 498 g/mol. The Kier molecular flexibility index (Phi) is 7.10. The molecule has 0 aliphatic rings. The summed E-state index contributed by atoms with van der Waals surface area (Å²) >= 11 is 1.27. The van der Waals surface area contributed by atoms with Crippen molar-refractivity contribution in [3.8, 4) is 34.2 Å². The molecular formula is C27H23N5O3S. The molecule has 9 heteroatoms. The van der Waals surface area contributed by atoms with Crippen LogP contribution >= 0.6 is 11.3 Å². The number of benzene rings is 2. The van der Waals surface area contributed by atoms with E-state index in [1.54, 1.807) is 66.9 Å². The quantitative estimate of drug-likeness (QED) is 0.299. The number of carbonyl (C=O) groups excluding carboxylic acids is 2. The molecule has 0 bridgehead atoms. The zero-order valence-electron chi connectivity index (χ0n) is 19.6. The van der Waals surface area contributed by atoms with E-state index in [1.165, 1.54) is 11.3 Å². The highest BCUT2D eigenvalue weighted by molar-refractivity contribution is 7.12. The van der Waals surface area contributed by atoms with Crippen LogP contribution in [0.2, 0.25) is 0 Å². The van der Waals surface area contributed by atoms with Gasteiger partial charge in [0.25, 0.3) is 5.91 Å². The molecular weight excluding hydrogens is 474 g/mol. The summed E-state index contributed by atoms with van der Waals surface area (Å²) < 4.78 is 0. The molecule has 2 aromatic carbocycles. The number of aromatic hydroxyl groups is 1. The Hall–Kier alpha value is -4.52. The van der Waals surface area contributed by atoms with Crippen LogP contribution in [0.1, 0.15) is 27.7 Å². The maximum atomic E-state index is 12.8. The molecule has 4 rings (SSSR count). The molecule has 4 aromatic rings. The number of nitrogens with two attached hydrogens (primary N) is 1. The minimum absolute atomic E-state index is 0.0200. The first-order valence-corrected chi connectivity index (χ1v) is 11.9. The van der Waals surface area contributed by atoms with E-state index in [1.807, 2.05) is 13.0 Å². The lowest BCUT2D eigenvalue weighted by Crippen LogP contribution is -2.32. The van der Waals surface area contributed by atoms with Crippen LogP contribution in [-0.4, -0.2) is 27.9 Å². The Balaban J connectivity index is 1.88. The molecule has 2 heterocycles. The third-order valence-electron chi connectivity index (χ3n) is 5.39. The normalized spacial score (nSPS) is 11.4. The fourth-order valence-electron chi connectivity index (χ4n) is 3.57. The Morgan fingerprint density at radius 1 is 1.08 bits per heavy atom. The molecule has 1 atom stereocenters. The number of nitrogens with one attached hydrogen (secondary N) is 2. The molecule has 0 radical (unpaired) electrons. The summed E-state index contributed by atoms with van der Waals surface area (Å²) in [4.78, 5) is 29.9. The fraction of sp³-hybridized carbons (Fsp3) is 0.111. The molecule has 36 heavy (non-hydrogen) atoms. The predicted octanol–water partition coefficient (Wildman–Crippen LogP) is 4.90. The molecule has 0 fully saturated rings. The summed E-state index contributed by atoms with van der Waals surface area (Å²) in [5.41, 5.74) is 9.07. The second kappa shape index (κ2) is 10.4. The molecule has 0 spiro atoms. The van der Waals surface area contributed by atoms with Gasteiger partial charge in [-0.2, -0.15) is 5.26 Å². The maximum Gasteiger partial charge on any atom is 0.266 e. The Bertz CT molecular complexity index is 1490. The van der Waals surface area contributed by atoms with E-state index in [9.17, 15) is 20.0 Å². The van der Waals surface area contributed by atoms with Crippen molar-refractivity contribution < 1.29 is 14.7 Å². The standard InChI is InChI=1S/C27H23N5O3S/c1-15-8-9-19(23(33)11-15)22-13-20(17-5-3-6-18(12-17)30-26(34)16(2)29)21(14-28)25(31-22)32-27(35)24-7-4-10-36-24/h3-13,16,33H,29H2,1-2H3,(H,30,34)(H,31,32,35). The zero-order valence-corrected chi connectivity index (χ0v) is 20.4. The smallest absolute Gasteiger partial charge is 0.266 e.